The standard InChI is InChI=1S/C24H28N6O3/c25-20-14-21(31)30(18-4-2-1-3-5-18)22-19(20)15-26-24(28-22)27-17-8-6-16(7-9-17)23(32)29-10-12-33-13-11-29/h1-5,14-17H,6-13,25H2,(H,26,27,28). The van der Waals surface area contributed by atoms with Crippen LogP contribution in [0.3, 0.4) is 0 Å². The Morgan fingerprint density at radius 3 is 2.55 bits per heavy atom. The molecule has 0 unspecified atom stereocenters. The molecule has 1 amide bonds. The van der Waals surface area contributed by atoms with E-state index in [1.807, 2.05) is 35.2 Å². The van der Waals surface area contributed by atoms with Crippen LogP contribution in [-0.4, -0.2) is 57.7 Å². The summed E-state index contributed by atoms with van der Waals surface area (Å²) in [5.41, 5.74) is 7.40. The van der Waals surface area contributed by atoms with Gasteiger partial charge in [-0.2, -0.15) is 4.98 Å². The van der Waals surface area contributed by atoms with Crippen molar-refractivity contribution in [2.24, 2.45) is 5.92 Å². The van der Waals surface area contributed by atoms with Crippen LogP contribution in [0.25, 0.3) is 16.7 Å². The monoisotopic (exact) mass is 448 g/mol. The first-order valence-corrected chi connectivity index (χ1v) is 11.5. The molecule has 1 aliphatic heterocycles. The van der Waals surface area contributed by atoms with Crippen LogP contribution < -0.4 is 16.6 Å². The van der Waals surface area contributed by atoms with Crippen molar-refractivity contribution in [3.8, 4) is 5.69 Å². The Hall–Kier alpha value is -3.46. The number of nitrogen functional groups attached to an aromatic ring is 1. The van der Waals surface area contributed by atoms with E-state index in [9.17, 15) is 9.59 Å². The third-order valence-corrected chi connectivity index (χ3v) is 6.54. The number of rotatable bonds is 4. The van der Waals surface area contributed by atoms with E-state index >= 15 is 0 Å². The van der Waals surface area contributed by atoms with E-state index < -0.39 is 0 Å². The van der Waals surface area contributed by atoms with Crippen molar-refractivity contribution >= 4 is 28.6 Å². The zero-order valence-corrected chi connectivity index (χ0v) is 18.4. The molecule has 9 heteroatoms. The predicted molar refractivity (Wildman–Crippen MR) is 126 cm³/mol. The summed E-state index contributed by atoms with van der Waals surface area (Å²) in [7, 11) is 0. The minimum atomic E-state index is -0.238. The Bertz CT molecular complexity index is 1200. The van der Waals surface area contributed by atoms with Crippen molar-refractivity contribution in [1.82, 2.24) is 19.4 Å². The number of pyridine rings is 1. The van der Waals surface area contributed by atoms with E-state index in [2.05, 4.69) is 15.3 Å². The molecule has 2 fully saturated rings. The van der Waals surface area contributed by atoms with Crippen LogP contribution in [0.2, 0.25) is 0 Å². The number of ether oxygens (including phenoxy) is 1. The number of hydrogen-bond donors (Lipinski definition) is 2. The van der Waals surface area contributed by atoms with Gasteiger partial charge in [0.15, 0.2) is 5.65 Å². The van der Waals surface area contributed by atoms with E-state index in [1.54, 1.807) is 10.8 Å². The van der Waals surface area contributed by atoms with Gasteiger partial charge in [-0.15, -0.1) is 0 Å². The molecular formula is C24H28N6O3. The Balaban J connectivity index is 1.33. The Kier molecular flexibility index (Phi) is 5.95. The normalized spacial score (nSPS) is 21.2. The lowest BCUT2D eigenvalue weighted by Crippen LogP contribution is -2.45. The third kappa shape index (κ3) is 4.41. The molecule has 9 nitrogen and oxygen atoms in total. The highest BCUT2D eigenvalue weighted by atomic mass is 16.5. The lowest BCUT2D eigenvalue weighted by molar-refractivity contribution is -0.140. The van der Waals surface area contributed by atoms with Gasteiger partial charge in [0.2, 0.25) is 11.9 Å². The van der Waals surface area contributed by atoms with Crippen LogP contribution in [0.4, 0.5) is 11.6 Å². The molecule has 2 aliphatic rings. The van der Waals surface area contributed by atoms with Crippen molar-refractivity contribution in [2.75, 3.05) is 37.4 Å². The Morgan fingerprint density at radius 2 is 1.82 bits per heavy atom. The molecule has 0 bridgehead atoms. The Labute approximate surface area is 191 Å². The summed E-state index contributed by atoms with van der Waals surface area (Å²) in [6, 6.07) is 10.9. The van der Waals surface area contributed by atoms with E-state index in [-0.39, 0.29) is 23.4 Å². The topological polar surface area (TPSA) is 115 Å². The molecule has 1 aliphatic carbocycles. The van der Waals surface area contributed by atoms with Gasteiger partial charge in [-0.05, 0) is 37.8 Å². The largest absolute Gasteiger partial charge is 0.398 e. The number of nitrogens with two attached hydrogens (primary N) is 1. The molecule has 1 saturated carbocycles. The maximum Gasteiger partial charge on any atom is 0.258 e. The summed E-state index contributed by atoms with van der Waals surface area (Å²) in [6.45, 7) is 2.63. The summed E-state index contributed by atoms with van der Waals surface area (Å²) >= 11 is 0. The summed E-state index contributed by atoms with van der Waals surface area (Å²) in [5.74, 6) is 0.780. The van der Waals surface area contributed by atoms with Crippen molar-refractivity contribution in [3.05, 3.63) is 52.9 Å². The van der Waals surface area contributed by atoms with Crippen LogP contribution in [0.15, 0.2) is 47.4 Å². The first kappa shape index (κ1) is 21.4. The molecule has 5 rings (SSSR count). The zero-order valence-electron chi connectivity index (χ0n) is 18.4. The molecule has 1 aromatic carbocycles. The first-order chi connectivity index (χ1) is 16.1. The number of amides is 1. The predicted octanol–water partition coefficient (Wildman–Crippen LogP) is 2.19. The van der Waals surface area contributed by atoms with E-state index in [0.717, 1.165) is 31.4 Å². The highest BCUT2D eigenvalue weighted by molar-refractivity contribution is 5.88. The second-order valence-electron chi connectivity index (χ2n) is 8.67. The summed E-state index contributed by atoms with van der Waals surface area (Å²) in [4.78, 5) is 36.6. The maximum atomic E-state index is 12.8. The summed E-state index contributed by atoms with van der Waals surface area (Å²) in [6.07, 6.45) is 5.06. The number of nitrogens with one attached hydrogen (secondary N) is 1. The van der Waals surface area contributed by atoms with E-state index in [1.165, 1.54) is 6.07 Å². The fourth-order valence-corrected chi connectivity index (χ4v) is 4.73. The minimum absolute atomic E-state index is 0.0710. The number of morpholine rings is 1. The third-order valence-electron chi connectivity index (χ3n) is 6.54. The van der Waals surface area contributed by atoms with Gasteiger partial charge >= 0.3 is 0 Å². The molecule has 0 spiro atoms. The molecule has 172 valence electrons. The molecule has 0 radical (unpaired) electrons. The van der Waals surface area contributed by atoms with Crippen LogP contribution in [-0.2, 0) is 9.53 Å². The quantitative estimate of drug-likeness (QED) is 0.629. The first-order valence-electron chi connectivity index (χ1n) is 11.5. The number of nitrogens with zero attached hydrogens (tertiary/aromatic N) is 4. The van der Waals surface area contributed by atoms with Crippen LogP contribution >= 0.6 is 0 Å². The van der Waals surface area contributed by atoms with Gasteiger partial charge in [0, 0.05) is 43.0 Å². The summed E-state index contributed by atoms with van der Waals surface area (Å²) < 4.78 is 6.91. The van der Waals surface area contributed by atoms with Gasteiger partial charge in [-0.25, -0.2) is 4.98 Å². The van der Waals surface area contributed by atoms with Gasteiger partial charge in [-0.1, -0.05) is 18.2 Å². The highest BCUT2D eigenvalue weighted by Crippen LogP contribution is 2.28. The van der Waals surface area contributed by atoms with Crippen molar-refractivity contribution in [1.29, 1.82) is 0 Å². The number of carbonyl (C=O) groups excluding carboxylic acids is 1. The molecule has 3 aromatic rings. The number of anilines is 2. The Morgan fingerprint density at radius 1 is 1.09 bits per heavy atom. The molecule has 1 saturated heterocycles. The number of hydrogen-bond acceptors (Lipinski definition) is 7. The number of aromatic nitrogens is 3. The minimum Gasteiger partial charge on any atom is -0.398 e. The molecule has 0 atom stereocenters. The molecule has 3 N–H and O–H groups in total. The molecule has 33 heavy (non-hydrogen) atoms. The van der Waals surface area contributed by atoms with Gasteiger partial charge in [0.25, 0.3) is 5.56 Å². The van der Waals surface area contributed by atoms with Gasteiger partial charge in [-0.3, -0.25) is 14.2 Å². The van der Waals surface area contributed by atoms with Crippen molar-refractivity contribution in [3.63, 3.8) is 0 Å². The van der Waals surface area contributed by atoms with Gasteiger partial charge in [0.05, 0.1) is 24.3 Å². The zero-order chi connectivity index (χ0) is 22.8. The smallest absolute Gasteiger partial charge is 0.258 e. The van der Waals surface area contributed by atoms with Crippen LogP contribution in [0.5, 0.6) is 0 Å². The lowest BCUT2D eigenvalue weighted by Gasteiger charge is -2.34. The number of benzene rings is 1. The molecule has 2 aromatic heterocycles. The van der Waals surface area contributed by atoms with Crippen molar-refractivity contribution < 1.29 is 9.53 Å². The van der Waals surface area contributed by atoms with E-state index in [0.29, 0.717) is 49.0 Å². The fourth-order valence-electron chi connectivity index (χ4n) is 4.73. The summed E-state index contributed by atoms with van der Waals surface area (Å²) in [5, 5.41) is 4.03. The van der Waals surface area contributed by atoms with Crippen LogP contribution in [0, 0.1) is 5.92 Å². The van der Waals surface area contributed by atoms with Crippen LogP contribution in [0.1, 0.15) is 25.7 Å². The van der Waals surface area contributed by atoms with Gasteiger partial charge < -0.3 is 20.7 Å². The average Bonchev–Trinajstić information content (AvgIpc) is 2.85. The highest BCUT2D eigenvalue weighted by Gasteiger charge is 2.30. The van der Waals surface area contributed by atoms with E-state index in [4.69, 9.17) is 10.5 Å². The van der Waals surface area contributed by atoms with Gasteiger partial charge in [0.1, 0.15) is 0 Å². The second kappa shape index (κ2) is 9.19. The molecule has 3 heterocycles. The van der Waals surface area contributed by atoms with Crippen molar-refractivity contribution in [2.45, 2.75) is 31.7 Å². The lowest BCUT2D eigenvalue weighted by atomic mass is 9.85. The fraction of sp³-hybridized carbons (Fsp3) is 0.417. The average molecular weight is 449 g/mol. The SMILES string of the molecule is Nc1cc(=O)n(-c2ccccc2)c2nc(NC3CCC(C(=O)N4CCOCC4)CC3)ncc12. The second-order valence-corrected chi connectivity index (χ2v) is 8.67. The number of fused-ring (bicyclic) bond motifs is 1. The maximum absolute atomic E-state index is 12.8. The molecular weight excluding hydrogens is 420 g/mol. The number of para-hydroxylation sites is 1. The number of carbonyl (C=O) groups is 1.